The summed E-state index contributed by atoms with van der Waals surface area (Å²) in [6.07, 6.45) is 5.35. The van der Waals surface area contributed by atoms with Gasteiger partial charge in [-0.25, -0.2) is 9.59 Å². The fourth-order valence-electron chi connectivity index (χ4n) is 13.5. The second-order valence-electron chi connectivity index (χ2n) is 20.0. The maximum absolute atomic E-state index is 14.0. The van der Waals surface area contributed by atoms with E-state index in [0.717, 1.165) is 38.5 Å². The van der Waals surface area contributed by atoms with Gasteiger partial charge in [-0.05, 0) is 156 Å². The van der Waals surface area contributed by atoms with Crippen molar-refractivity contribution in [2.45, 2.75) is 103 Å². The molecule has 66 heavy (non-hydrogen) atoms. The Morgan fingerprint density at radius 3 is 1.98 bits per heavy atom. The zero-order valence-electron chi connectivity index (χ0n) is 38.6. The summed E-state index contributed by atoms with van der Waals surface area (Å²) in [5.74, 6) is 0.621. The number of anilines is 2. The van der Waals surface area contributed by atoms with Crippen molar-refractivity contribution in [1.29, 1.82) is 0 Å². The van der Waals surface area contributed by atoms with Crippen molar-refractivity contribution >= 4 is 68.4 Å². The third-order valence-corrected chi connectivity index (χ3v) is 17.0. The molecule has 11 atom stereocenters. The van der Waals surface area contributed by atoms with Crippen LogP contribution in [0.2, 0.25) is 0 Å². The highest BCUT2D eigenvalue weighted by molar-refractivity contribution is 7.80. The Morgan fingerprint density at radius 1 is 0.742 bits per heavy atom. The third kappa shape index (κ3) is 9.07. The molecular weight excluding hydrogens is 845 g/mol. The van der Waals surface area contributed by atoms with Gasteiger partial charge in [0, 0.05) is 41.7 Å². The molecule has 4 fully saturated rings. The van der Waals surface area contributed by atoms with E-state index in [-0.39, 0.29) is 59.0 Å². The molecule has 4 aliphatic carbocycles. The van der Waals surface area contributed by atoms with Crippen LogP contribution in [0, 0.1) is 46.3 Å². The minimum Gasteiger partial charge on any atom is -0.469 e. The minimum absolute atomic E-state index is 0.0513. The molecule has 0 saturated heterocycles. The normalized spacial score (nSPS) is 29.3. The van der Waals surface area contributed by atoms with Crippen LogP contribution in [0.5, 0.6) is 0 Å². The molecule has 5 aromatic rings. The van der Waals surface area contributed by atoms with Crippen molar-refractivity contribution in [3.63, 3.8) is 0 Å². The van der Waals surface area contributed by atoms with Crippen molar-refractivity contribution in [3.05, 3.63) is 121 Å². The van der Waals surface area contributed by atoms with E-state index < -0.39 is 23.7 Å². The van der Waals surface area contributed by atoms with Gasteiger partial charge in [0.25, 0.3) is 0 Å². The maximum Gasteiger partial charge on any atom is 0.411 e. The van der Waals surface area contributed by atoms with Crippen LogP contribution in [0.1, 0.15) is 84.1 Å². The van der Waals surface area contributed by atoms with Crippen molar-refractivity contribution in [1.82, 2.24) is 10.6 Å². The quantitative estimate of drug-likeness (QED) is 0.0443. The van der Waals surface area contributed by atoms with Crippen molar-refractivity contribution in [3.8, 4) is 0 Å². The lowest BCUT2D eigenvalue weighted by Gasteiger charge is -2.64. The fraction of sp³-hybridized carbons (Fsp3) is 0.455. The van der Waals surface area contributed by atoms with E-state index in [1.165, 1.54) is 34.2 Å². The molecule has 0 heterocycles. The van der Waals surface area contributed by atoms with Crippen molar-refractivity contribution < 1.29 is 28.6 Å². The van der Waals surface area contributed by atoms with Gasteiger partial charge in [-0.1, -0.05) is 106 Å². The zero-order valence-corrected chi connectivity index (χ0v) is 39.4. The number of thiocarbonyl (C=S) groups is 1. The van der Waals surface area contributed by atoms with E-state index in [9.17, 15) is 14.4 Å². The number of methoxy groups -OCH3 is 1. The highest BCUT2D eigenvalue weighted by atomic mass is 32.1. The van der Waals surface area contributed by atoms with Crippen LogP contribution in [-0.2, 0) is 25.5 Å². The molecule has 9 rings (SSSR count). The maximum atomic E-state index is 14.0. The summed E-state index contributed by atoms with van der Waals surface area (Å²) in [6.45, 7) is 7.58. The summed E-state index contributed by atoms with van der Waals surface area (Å²) in [5.41, 5.74) is 2.05. The van der Waals surface area contributed by atoms with E-state index in [2.05, 4.69) is 96.6 Å². The Kier molecular flexibility index (Phi) is 13.3. The third-order valence-electron chi connectivity index (χ3n) is 16.7. The van der Waals surface area contributed by atoms with Gasteiger partial charge in [-0.3, -0.25) is 15.4 Å². The zero-order chi connectivity index (χ0) is 46.0. The summed E-state index contributed by atoms with van der Waals surface area (Å²) in [4.78, 5) is 40.3. The number of hydrogen-bond acceptors (Lipinski definition) is 7. The van der Waals surface area contributed by atoms with Gasteiger partial charge in [-0.2, -0.15) is 0 Å². The second kappa shape index (κ2) is 19.3. The summed E-state index contributed by atoms with van der Waals surface area (Å²) < 4.78 is 18.4. The van der Waals surface area contributed by atoms with Crippen molar-refractivity contribution in [2.75, 3.05) is 17.7 Å². The number of fused-ring (bicyclic) bond motifs is 7. The number of hydrogen-bond donors (Lipinski definition) is 4. The van der Waals surface area contributed by atoms with Gasteiger partial charge in [-0.15, -0.1) is 0 Å². The first kappa shape index (κ1) is 45.5. The highest BCUT2D eigenvalue weighted by Gasteiger charge is 2.67. The van der Waals surface area contributed by atoms with Gasteiger partial charge in [0.15, 0.2) is 5.11 Å². The first-order chi connectivity index (χ1) is 31.9. The number of esters is 1. The molecule has 0 bridgehead atoms. The van der Waals surface area contributed by atoms with Crippen molar-refractivity contribution in [2.24, 2.45) is 46.3 Å². The Morgan fingerprint density at radius 2 is 1.35 bits per heavy atom. The minimum atomic E-state index is -0.463. The molecule has 11 heteroatoms. The molecule has 0 aromatic heterocycles. The number of ether oxygens (including phenoxy) is 3. The van der Waals surface area contributed by atoms with E-state index in [0.29, 0.717) is 42.3 Å². The standard InChI is InChI=1S/C55H64N4O6S/c1-34(23-26-49(60)63-4)44-24-25-45-50-46(32-48(55(44,45)3)65-53(62)59-39-19-9-6-10-20-39)54(2)28-27-40(30-37(54)31-47(50)64-52(61)58-38-17-7-5-8-18-38)57-51(66)56-33-43-41-21-13-11-15-35(41)29-36-16-12-14-22-42(36)43/h5-22,29,34,37,40,44-48,50H,23-28,30-33H2,1-4H3,(H,58,61)(H,59,62)(H2,56,57,66)/t34-,37+,40-,44-,45+,46+,47-,48+,50+,54+,55-/m1/s1. The van der Waals surface area contributed by atoms with Crippen LogP contribution in [0.3, 0.4) is 0 Å². The molecular formula is C55H64N4O6S. The van der Waals surface area contributed by atoms with Gasteiger partial charge >= 0.3 is 18.2 Å². The summed E-state index contributed by atoms with van der Waals surface area (Å²) in [6, 6.07) is 38.3. The second-order valence-corrected chi connectivity index (χ2v) is 20.4. The van der Waals surface area contributed by atoms with Gasteiger partial charge in [0.1, 0.15) is 12.2 Å². The van der Waals surface area contributed by atoms with Gasteiger partial charge in [0.2, 0.25) is 0 Å². The predicted molar refractivity (Wildman–Crippen MR) is 265 cm³/mol. The fourth-order valence-corrected chi connectivity index (χ4v) is 13.7. The number of amides is 2. The number of carbonyl (C=O) groups is 3. The summed E-state index contributed by atoms with van der Waals surface area (Å²) >= 11 is 6.05. The number of carbonyl (C=O) groups excluding carboxylic acids is 3. The van der Waals surface area contributed by atoms with Crippen LogP contribution in [-0.4, -0.2) is 48.6 Å². The molecule has 0 unspecified atom stereocenters. The SMILES string of the molecule is COC(=O)CC[C@@H](C)[C@H]1CC[C@H]2[C@@H]3[C@H](OC(=O)Nc4ccccc4)C[C@@H]4C[C@H](NC(=S)NCc5c6ccccc6cc6ccccc56)CC[C@]4(C)[C@H]3C[C@H](OC(=O)Nc3ccccc3)[C@]12C. The predicted octanol–water partition coefficient (Wildman–Crippen LogP) is 12.0. The highest BCUT2D eigenvalue weighted by Crippen LogP contribution is 2.69. The van der Waals surface area contributed by atoms with Crippen LogP contribution < -0.4 is 21.3 Å². The smallest absolute Gasteiger partial charge is 0.411 e. The molecule has 0 aliphatic heterocycles. The Labute approximate surface area is 394 Å². The number of nitrogens with one attached hydrogen (secondary N) is 4. The number of benzene rings is 5. The van der Waals surface area contributed by atoms with Crippen LogP contribution in [0.25, 0.3) is 21.5 Å². The van der Waals surface area contributed by atoms with Crippen LogP contribution in [0.4, 0.5) is 21.0 Å². The molecule has 0 radical (unpaired) electrons. The summed E-state index contributed by atoms with van der Waals surface area (Å²) in [7, 11) is 1.44. The largest absolute Gasteiger partial charge is 0.469 e. The van der Waals surface area contributed by atoms with E-state index in [1.54, 1.807) is 0 Å². The topological polar surface area (TPSA) is 127 Å². The van der Waals surface area contributed by atoms with Crippen LogP contribution in [0.15, 0.2) is 115 Å². The molecule has 4 saturated carbocycles. The molecule has 10 nitrogen and oxygen atoms in total. The monoisotopic (exact) mass is 908 g/mol. The number of rotatable bonds is 11. The molecule has 4 N–H and O–H groups in total. The molecule has 5 aromatic carbocycles. The Bertz CT molecular complexity index is 2500. The van der Waals surface area contributed by atoms with E-state index >= 15 is 0 Å². The van der Waals surface area contributed by atoms with Gasteiger partial charge < -0.3 is 24.8 Å². The molecule has 0 spiro atoms. The van der Waals surface area contributed by atoms with E-state index in [4.69, 9.17) is 26.4 Å². The first-order valence-corrected chi connectivity index (χ1v) is 24.4. The first-order valence-electron chi connectivity index (χ1n) is 24.0. The lowest BCUT2D eigenvalue weighted by molar-refractivity contribution is -0.200. The Balaban J connectivity index is 0.987. The lowest BCUT2D eigenvalue weighted by Crippen LogP contribution is -2.64. The lowest BCUT2D eigenvalue weighted by atomic mass is 9.43. The van der Waals surface area contributed by atoms with E-state index in [1.807, 2.05) is 60.7 Å². The summed E-state index contributed by atoms with van der Waals surface area (Å²) in [5, 5.41) is 18.8. The van der Waals surface area contributed by atoms with Crippen LogP contribution >= 0.6 is 12.2 Å². The molecule has 346 valence electrons. The average molecular weight is 909 g/mol. The number of para-hydroxylation sites is 2. The average Bonchev–Trinajstić information content (AvgIpc) is 3.68. The molecule has 2 amide bonds. The Hall–Kier alpha value is -5.68. The van der Waals surface area contributed by atoms with Gasteiger partial charge in [0.05, 0.1) is 7.11 Å². The molecule has 4 aliphatic rings.